The lowest BCUT2D eigenvalue weighted by atomic mass is 10.2. The fraction of sp³-hybridized carbons (Fsp3) is 0.417. The third kappa shape index (κ3) is 13.6. The van der Waals surface area contributed by atoms with E-state index in [1.807, 2.05) is 25.2 Å². The minimum absolute atomic E-state index is 0.385. The Hall–Kier alpha value is -2.52. The zero-order chi connectivity index (χ0) is 24.5. The number of aliphatic carboxylic acids is 1. The lowest BCUT2D eigenvalue weighted by molar-refractivity contribution is -0.140. The molecule has 0 aromatic carbocycles. The smallest absolute Gasteiger partial charge is 0.416 e. The van der Waals surface area contributed by atoms with Crippen LogP contribution in [0.4, 0.5) is 13.2 Å². The van der Waals surface area contributed by atoms with Gasteiger partial charge in [0, 0.05) is 31.9 Å². The van der Waals surface area contributed by atoms with Crippen molar-refractivity contribution in [1.82, 2.24) is 4.90 Å². The van der Waals surface area contributed by atoms with Gasteiger partial charge in [0.05, 0.1) is 10.6 Å². The maximum Gasteiger partial charge on any atom is 0.416 e. The highest BCUT2D eigenvalue weighted by molar-refractivity contribution is 8.14. The van der Waals surface area contributed by atoms with Crippen molar-refractivity contribution in [3.05, 3.63) is 72.6 Å². The summed E-state index contributed by atoms with van der Waals surface area (Å²) in [6.07, 6.45) is 11.2. The Balaban J connectivity index is 2.61. The van der Waals surface area contributed by atoms with Crippen LogP contribution in [0.5, 0.6) is 0 Å². The van der Waals surface area contributed by atoms with Gasteiger partial charge in [0.1, 0.15) is 5.76 Å². The third-order valence-electron chi connectivity index (χ3n) is 4.30. The summed E-state index contributed by atoms with van der Waals surface area (Å²) in [6.45, 7) is 7.73. The van der Waals surface area contributed by atoms with Crippen LogP contribution < -0.4 is 0 Å². The van der Waals surface area contributed by atoms with Gasteiger partial charge < -0.3 is 14.7 Å². The normalized spacial score (nSPS) is 20.5. The Morgan fingerprint density at radius 3 is 2.70 bits per heavy atom. The Morgan fingerprint density at radius 2 is 2.06 bits per heavy atom. The van der Waals surface area contributed by atoms with E-state index in [0.717, 1.165) is 50.4 Å². The molecule has 0 atom stereocenters. The van der Waals surface area contributed by atoms with Gasteiger partial charge in [-0.3, -0.25) is 4.99 Å². The minimum atomic E-state index is -4.43. The van der Waals surface area contributed by atoms with Crippen LogP contribution in [0.3, 0.4) is 0 Å². The van der Waals surface area contributed by atoms with Crippen LogP contribution in [-0.2, 0) is 9.53 Å². The fourth-order valence-corrected chi connectivity index (χ4v) is 3.65. The van der Waals surface area contributed by atoms with E-state index >= 15 is 0 Å². The van der Waals surface area contributed by atoms with Crippen molar-refractivity contribution in [2.24, 2.45) is 4.99 Å². The molecule has 33 heavy (non-hydrogen) atoms. The van der Waals surface area contributed by atoms with Crippen molar-refractivity contribution in [1.29, 1.82) is 0 Å². The van der Waals surface area contributed by atoms with Crippen LogP contribution in [-0.4, -0.2) is 65.7 Å². The number of carboxylic acid groups (broad SMARTS) is 1. The highest BCUT2D eigenvalue weighted by Gasteiger charge is 2.30. The summed E-state index contributed by atoms with van der Waals surface area (Å²) in [6, 6.07) is 0. The van der Waals surface area contributed by atoms with Crippen molar-refractivity contribution in [2.75, 3.05) is 38.5 Å². The largest absolute Gasteiger partial charge is 0.482 e. The van der Waals surface area contributed by atoms with Crippen LogP contribution in [0.2, 0.25) is 0 Å². The number of carboxylic acids is 1. The van der Waals surface area contributed by atoms with Crippen LogP contribution in [0.25, 0.3) is 0 Å². The predicted octanol–water partition coefficient (Wildman–Crippen LogP) is 5.56. The van der Waals surface area contributed by atoms with E-state index in [1.165, 1.54) is 17.8 Å². The SMILES string of the molecule is C=C/C(=C\C=C\C(=NCC)SCCN1CC/C=C/C=C(OCC(=O)O)\C=C\CC1)C(F)(F)F. The molecular formula is C24H31F3N2O3S. The molecule has 5 nitrogen and oxygen atoms in total. The lowest BCUT2D eigenvalue weighted by Gasteiger charge is -2.20. The van der Waals surface area contributed by atoms with E-state index in [0.29, 0.717) is 17.3 Å². The van der Waals surface area contributed by atoms with Crippen molar-refractivity contribution < 1.29 is 27.8 Å². The summed E-state index contributed by atoms with van der Waals surface area (Å²) in [5, 5.41) is 9.44. The van der Waals surface area contributed by atoms with Crippen LogP contribution in [0.15, 0.2) is 77.6 Å². The average Bonchev–Trinajstić information content (AvgIpc) is 2.79. The molecule has 0 amide bonds. The van der Waals surface area contributed by atoms with E-state index < -0.39 is 17.7 Å². The molecule has 0 bridgehead atoms. The highest BCUT2D eigenvalue weighted by Crippen LogP contribution is 2.26. The molecule has 0 aliphatic carbocycles. The van der Waals surface area contributed by atoms with Gasteiger partial charge in [-0.2, -0.15) is 13.2 Å². The first-order valence-electron chi connectivity index (χ1n) is 10.6. The number of ether oxygens (including phenoxy) is 1. The number of allylic oxidation sites excluding steroid dienone is 7. The first-order chi connectivity index (χ1) is 15.8. The van der Waals surface area contributed by atoms with E-state index in [1.54, 1.807) is 18.2 Å². The zero-order valence-corrected chi connectivity index (χ0v) is 19.6. The monoisotopic (exact) mass is 484 g/mol. The predicted molar refractivity (Wildman–Crippen MR) is 130 cm³/mol. The first-order valence-corrected chi connectivity index (χ1v) is 11.6. The molecule has 1 aliphatic rings. The molecule has 1 N–H and O–H groups in total. The number of thioether (sulfide) groups is 1. The van der Waals surface area contributed by atoms with E-state index in [-0.39, 0.29) is 6.61 Å². The van der Waals surface area contributed by atoms with Gasteiger partial charge in [0.25, 0.3) is 0 Å². The summed E-state index contributed by atoms with van der Waals surface area (Å²) in [4.78, 5) is 17.3. The van der Waals surface area contributed by atoms with Crippen molar-refractivity contribution in [3.63, 3.8) is 0 Å². The van der Waals surface area contributed by atoms with Crippen molar-refractivity contribution in [2.45, 2.75) is 25.9 Å². The van der Waals surface area contributed by atoms with Gasteiger partial charge in [0.2, 0.25) is 0 Å². The molecular weight excluding hydrogens is 453 g/mol. The number of aliphatic imine (C=N–C) groups is 1. The number of hydrogen-bond acceptors (Lipinski definition) is 5. The molecule has 9 heteroatoms. The van der Waals surface area contributed by atoms with Gasteiger partial charge >= 0.3 is 12.1 Å². The second kappa shape index (κ2) is 16.1. The summed E-state index contributed by atoms with van der Waals surface area (Å²) >= 11 is 1.50. The molecule has 0 fully saturated rings. The summed E-state index contributed by atoms with van der Waals surface area (Å²) in [5.74, 6) is 0.229. The average molecular weight is 485 g/mol. The number of rotatable bonds is 10. The number of nitrogens with zero attached hydrogens (tertiary/aromatic N) is 2. The molecule has 0 aromatic heterocycles. The topological polar surface area (TPSA) is 62.1 Å². The van der Waals surface area contributed by atoms with Crippen molar-refractivity contribution >= 4 is 22.8 Å². The number of halogens is 3. The second-order valence-electron chi connectivity index (χ2n) is 6.85. The Bertz CT molecular complexity index is 812. The Morgan fingerprint density at radius 1 is 1.33 bits per heavy atom. The highest BCUT2D eigenvalue weighted by atomic mass is 32.2. The zero-order valence-electron chi connectivity index (χ0n) is 18.8. The number of hydrogen-bond donors (Lipinski definition) is 1. The summed E-state index contributed by atoms with van der Waals surface area (Å²) in [5.41, 5.74) is -0.796. The number of carbonyl (C=O) groups is 1. The summed E-state index contributed by atoms with van der Waals surface area (Å²) < 4.78 is 43.6. The Labute approximate surface area is 197 Å². The molecule has 1 heterocycles. The second-order valence-corrected chi connectivity index (χ2v) is 7.96. The lowest BCUT2D eigenvalue weighted by Crippen LogP contribution is -2.28. The molecule has 0 saturated heterocycles. The molecule has 182 valence electrons. The van der Waals surface area contributed by atoms with Gasteiger partial charge in [-0.1, -0.05) is 37.0 Å². The van der Waals surface area contributed by atoms with Gasteiger partial charge in [-0.15, -0.1) is 11.8 Å². The maximum absolute atomic E-state index is 12.8. The minimum Gasteiger partial charge on any atom is -0.482 e. The van der Waals surface area contributed by atoms with Crippen LogP contribution in [0, 0.1) is 0 Å². The summed E-state index contributed by atoms with van der Waals surface area (Å²) in [7, 11) is 0. The first kappa shape index (κ1) is 28.5. The maximum atomic E-state index is 12.8. The Kier molecular flexibility index (Phi) is 14.0. The molecule has 0 aromatic rings. The number of alkyl halides is 3. The van der Waals surface area contributed by atoms with E-state index in [9.17, 15) is 18.0 Å². The fourth-order valence-electron chi connectivity index (χ4n) is 2.70. The molecule has 1 aliphatic heterocycles. The molecule has 0 spiro atoms. The molecule has 0 radical (unpaired) electrons. The molecule has 1 rings (SSSR count). The van der Waals surface area contributed by atoms with Crippen molar-refractivity contribution in [3.8, 4) is 0 Å². The molecule has 0 unspecified atom stereocenters. The van der Waals surface area contributed by atoms with Gasteiger partial charge in [-0.05, 0) is 44.1 Å². The standard InChI is InChI=1S/C24H31F3N2O3S/c1-3-20(24(25,26)27)11-10-14-22(28-4-2)33-18-17-29-15-8-5-6-12-21(13-7-9-16-29)32-19-23(30)31/h3,5-7,10-14H,1,4,8-9,15-19H2,2H3,(H,30,31)/b6-5+,13-7+,14-10+,20-11+,21-12+,28-22?. The van der Waals surface area contributed by atoms with Gasteiger partial charge in [-0.25, -0.2) is 4.79 Å². The molecule has 0 saturated carbocycles. The van der Waals surface area contributed by atoms with Crippen LogP contribution >= 0.6 is 11.8 Å². The quantitative estimate of drug-likeness (QED) is 0.250. The van der Waals surface area contributed by atoms with E-state index in [4.69, 9.17) is 9.84 Å². The van der Waals surface area contributed by atoms with E-state index in [2.05, 4.69) is 16.5 Å². The van der Waals surface area contributed by atoms with Gasteiger partial charge in [0.15, 0.2) is 6.61 Å². The third-order valence-corrected chi connectivity index (χ3v) is 5.25. The van der Waals surface area contributed by atoms with Crippen LogP contribution in [0.1, 0.15) is 19.8 Å².